The Morgan fingerprint density at radius 3 is 1.56 bits per heavy atom. The summed E-state index contributed by atoms with van der Waals surface area (Å²) in [5.41, 5.74) is 4.74. The number of alkyl halides is 6. The van der Waals surface area contributed by atoms with Gasteiger partial charge in [0, 0.05) is 31.6 Å². The molecule has 6 aliphatic rings. The maximum Gasteiger partial charge on any atom is 0.488 e. The molecule has 17 nitrogen and oxygen atoms in total. The van der Waals surface area contributed by atoms with Crippen LogP contribution in [-0.4, -0.2) is 130 Å². The quantitative estimate of drug-likeness (QED) is 0.0528. The van der Waals surface area contributed by atoms with Crippen molar-refractivity contribution in [2.45, 2.75) is 167 Å². The number of hydrogen-bond donors (Lipinski definition) is 3. The normalized spacial score (nSPS) is 26.8. The first-order valence-electron chi connectivity index (χ1n) is 32.1. The lowest BCUT2D eigenvalue weighted by molar-refractivity contribution is -0.150. The molecule has 6 heterocycles. The molecular weight excluding hydrogens is 1300 g/mol. The number of carbonyl (C=O) groups is 6. The molecule has 97 heavy (non-hydrogen) atoms. The zero-order valence-corrected chi connectivity index (χ0v) is 54.2. The Hall–Kier alpha value is -7.52. The molecule has 0 spiro atoms. The van der Waals surface area contributed by atoms with Crippen molar-refractivity contribution in [3.05, 3.63) is 138 Å². The van der Waals surface area contributed by atoms with Gasteiger partial charge in [-0.25, -0.2) is 9.97 Å². The van der Waals surface area contributed by atoms with Crippen LogP contribution < -0.4 is 20.7 Å². The van der Waals surface area contributed by atoms with Crippen LogP contribution in [0.4, 0.5) is 26.3 Å². The lowest BCUT2D eigenvalue weighted by atomic mass is 9.79. The summed E-state index contributed by atoms with van der Waals surface area (Å²) < 4.78 is 101. The number of aromatic nitrogens is 2. The van der Waals surface area contributed by atoms with Crippen molar-refractivity contribution in [2.75, 3.05) is 27.3 Å². The van der Waals surface area contributed by atoms with E-state index in [2.05, 4.69) is 28.2 Å². The fourth-order valence-electron chi connectivity index (χ4n) is 13.5. The van der Waals surface area contributed by atoms with Crippen molar-refractivity contribution in [1.29, 1.82) is 0 Å². The number of hydrogen-bond acceptors (Lipinski definition) is 17. The van der Waals surface area contributed by atoms with E-state index in [1.54, 1.807) is 15.9 Å². The van der Waals surface area contributed by atoms with Gasteiger partial charge in [0.2, 0.25) is 11.8 Å². The number of methoxy groups -OCH3 is 2. The Balaban J connectivity index is 0.000000209. The zero-order valence-electron chi connectivity index (χ0n) is 52.6. The van der Waals surface area contributed by atoms with Crippen molar-refractivity contribution >= 4 is 91.0 Å². The molecule has 2 saturated carbocycles. The second-order valence-electron chi connectivity index (χ2n) is 25.4. The van der Waals surface area contributed by atoms with E-state index >= 15 is 0 Å². The minimum absolute atomic E-state index is 0. The van der Waals surface area contributed by atoms with Gasteiger partial charge in [-0.3, -0.25) is 28.8 Å². The van der Waals surface area contributed by atoms with Crippen LogP contribution in [0.25, 0.3) is 20.4 Å². The van der Waals surface area contributed by atoms with Crippen molar-refractivity contribution in [3.8, 4) is 10.4 Å². The molecule has 4 aliphatic heterocycles. The molecule has 0 radical (unpaired) electrons. The van der Waals surface area contributed by atoms with Crippen LogP contribution in [0.15, 0.2) is 121 Å². The predicted molar refractivity (Wildman–Crippen MR) is 358 cm³/mol. The van der Waals surface area contributed by atoms with Crippen molar-refractivity contribution in [2.24, 2.45) is 34.3 Å². The Labute approximate surface area is 568 Å². The Morgan fingerprint density at radius 1 is 0.619 bits per heavy atom. The Kier molecular flexibility index (Phi) is 25.2. The van der Waals surface area contributed by atoms with Gasteiger partial charge in [-0.2, -0.15) is 26.3 Å². The van der Waals surface area contributed by atoms with E-state index in [1.165, 1.54) is 49.0 Å². The molecule has 522 valence electrons. The first-order valence-corrected chi connectivity index (χ1v) is 33.7. The number of carbonyl (C=O) groups excluding carboxylic acids is 6. The lowest BCUT2D eigenvalue weighted by Crippen LogP contribution is -2.49. The summed E-state index contributed by atoms with van der Waals surface area (Å²) in [6, 6.07) is 22.2. The number of para-hydroxylation sites is 2. The number of Topliss-reactive ketones (excluding diaryl/α,β-unsaturated/α-hetero) is 2. The summed E-state index contributed by atoms with van der Waals surface area (Å²) in [5, 5.41) is 18.2. The molecule has 2 aliphatic carbocycles. The first-order chi connectivity index (χ1) is 45.4. The number of thiazole rings is 2. The minimum Gasteiger partial charge on any atom is -0.469 e. The van der Waals surface area contributed by atoms with E-state index in [-0.39, 0.29) is 106 Å². The fourth-order valence-corrected chi connectivity index (χ4v) is 15.2. The van der Waals surface area contributed by atoms with E-state index in [4.69, 9.17) is 34.7 Å². The van der Waals surface area contributed by atoms with E-state index < -0.39 is 77.5 Å². The maximum absolute atomic E-state index is 14.4. The third-order valence-electron chi connectivity index (χ3n) is 18.8. The Morgan fingerprint density at radius 2 is 1.08 bits per heavy atom. The van der Waals surface area contributed by atoms with E-state index in [9.17, 15) is 55.1 Å². The molecule has 6 aromatic rings. The van der Waals surface area contributed by atoms with Crippen LogP contribution in [-0.2, 0) is 57.0 Å². The van der Waals surface area contributed by atoms with Crippen LogP contribution in [0.3, 0.4) is 0 Å². The molecule has 2 saturated heterocycles. The summed E-state index contributed by atoms with van der Waals surface area (Å²) in [6.07, 6.45) is 8.21. The molecule has 2 amide bonds. The van der Waals surface area contributed by atoms with Gasteiger partial charge in [0.15, 0.2) is 11.6 Å². The number of ketones is 2. The zero-order chi connectivity index (χ0) is 67.8. The highest BCUT2D eigenvalue weighted by molar-refractivity contribution is 7.20. The molecule has 12 rings (SSSR count). The summed E-state index contributed by atoms with van der Waals surface area (Å²) in [5.74, 6) is -2.41. The molecule has 4 fully saturated rings. The van der Waals surface area contributed by atoms with E-state index in [1.807, 2.05) is 54.6 Å². The Bertz CT molecular complexity index is 3740. The van der Waals surface area contributed by atoms with Crippen LogP contribution in [0.5, 0.6) is 10.4 Å². The molecule has 4 N–H and O–H groups in total. The molecular formula is C71H84BF6N5O12S2. The standard InChI is InChI=1S/C35H37F3N2O5S.C27H33N3O5S.C7H6BF3O2.2CH4/c1-44-32(43)34-19-25(34)12-6-4-2-3-5-11-23(16-22-10-9-13-24(17-22)35(36,37)38)31(42)40-21-26(18-28(40)29(41)20-34)45-33-39-27-14-7-8-15-30(27)46-33;1-34-25(33)27-14-17(27)9-5-3-2-4-6-10-19(28)24(32)30-16-18(13-21(30)22(31)15-27)35-26-29-20-11-7-8-12-23(20)36-26;9-7(10,11)5-2-1-3-6(4-5)8(12)13;;/h6-10,12-15,17,23,25-26,28H,2-5,11,16,18-21H2,1H3;5,7-9,11-12,17-19,21H,2-4,6,10,13-16,28H2,1H3;1-4,12-13H;2*1H4/b12-6-;9-5-;;;/t23-,25-,26-,28+,34-;17-,18-,19+,21+,27-;;;/m11.../s1. The van der Waals surface area contributed by atoms with E-state index in [0.29, 0.717) is 54.1 Å². The molecule has 10 atom stereocenters. The summed E-state index contributed by atoms with van der Waals surface area (Å²) in [7, 11) is 0.812. The predicted octanol–water partition coefficient (Wildman–Crippen LogP) is 12.5. The molecule has 0 unspecified atom stereocenters. The van der Waals surface area contributed by atoms with Gasteiger partial charge < -0.3 is 44.5 Å². The average molecular weight is 1390 g/mol. The summed E-state index contributed by atoms with van der Waals surface area (Å²) >= 11 is 2.83. The minimum atomic E-state index is -4.50. The molecule has 4 aromatic carbocycles. The monoisotopic (exact) mass is 1390 g/mol. The number of ether oxygens (including phenoxy) is 4. The van der Waals surface area contributed by atoms with Gasteiger partial charge >= 0.3 is 31.4 Å². The second kappa shape index (κ2) is 32.4. The number of fused-ring (bicyclic) bond motifs is 6. The SMILES string of the molecule is C.C.COC(=O)[C@]12CC(=O)[C@@H]3C[C@@H](Oc4nc5ccccc5s4)CN3C(=O)[C@@H](Cc3cccc(C(F)(F)F)c3)CCCCC/C=C\[C@@H]1C2.COC(=O)[C@]12CC(=O)[C@@H]3C[C@@H](Oc4nc5ccccc5s4)CN3C(=O)[C@@H](N)CCCCC/C=C\[C@@H]1C2.OB(O)c1cccc(C(F)(F)F)c1. The maximum atomic E-state index is 14.4. The van der Waals surface area contributed by atoms with Crippen molar-refractivity contribution in [3.63, 3.8) is 0 Å². The summed E-state index contributed by atoms with van der Waals surface area (Å²) in [6.45, 7) is 0.409. The molecule has 2 aromatic heterocycles. The van der Waals surface area contributed by atoms with Crippen LogP contribution >= 0.6 is 22.7 Å². The van der Waals surface area contributed by atoms with Gasteiger partial charge in [0.1, 0.15) is 12.2 Å². The first kappa shape index (κ1) is 75.3. The lowest BCUT2D eigenvalue weighted by Gasteiger charge is -2.29. The second-order valence-corrected chi connectivity index (χ2v) is 27.4. The number of benzene rings is 4. The fraction of sp³-hybridized carbons (Fsp3) is 0.493. The van der Waals surface area contributed by atoms with Gasteiger partial charge in [-0.05, 0) is 111 Å². The third kappa shape index (κ3) is 18.2. The summed E-state index contributed by atoms with van der Waals surface area (Å²) in [4.78, 5) is 93.4. The van der Waals surface area contributed by atoms with Gasteiger partial charge in [0.05, 0.1) is 87.8 Å². The largest absolute Gasteiger partial charge is 0.488 e. The average Bonchev–Trinajstić information content (AvgIpc) is 1.59. The smallest absolute Gasteiger partial charge is 0.469 e. The van der Waals surface area contributed by atoms with Gasteiger partial charge in [-0.15, -0.1) is 0 Å². The highest BCUT2D eigenvalue weighted by Crippen LogP contribution is 2.59. The van der Waals surface area contributed by atoms with Crippen molar-refractivity contribution < 1.29 is 84.1 Å². The number of nitrogens with two attached hydrogens (primary N) is 1. The van der Waals surface area contributed by atoms with Gasteiger partial charge in [-0.1, -0.05) is 154 Å². The topological polar surface area (TPSA) is 238 Å². The van der Waals surface area contributed by atoms with Crippen LogP contribution in [0, 0.1) is 28.6 Å². The third-order valence-corrected chi connectivity index (χ3v) is 20.7. The number of allylic oxidation sites excluding steroid dienone is 4. The van der Waals surface area contributed by atoms with Gasteiger partial charge in [0.25, 0.3) is 10.4 Å². The van der Waals surface area contributed by atoms with Crippen LogP contribution in [0.2, 0.25) is 0 Å². The number of nitrogens with zero attached hydrogens (tertiary/aromatic N) is 4. The molecule has 0 bridgehead atoms. The number of esters is 2. The number of amides is 2. The number of rotatable bonds is 9. The molecule has 26 heteroatoms. The van der Waals surface area contributed by atoms with Crippen molar-refractivity contribution in [1.82, 2.24) is 19.8 Å². The van der Waals surface area contributed by atoms with E-state index in [0.717, 1.165) is 96.1 Å². The van der Waals surface area contributed by atoms with Crippen LogP contribution in [0.1, 0.15) is 134 Å². The highest BCUT2D eigenvalue weighted by Gasteiger charge is 2.63. The highest BCUT2D eigenvalue weighted by atomic mass is 32.1. The number of halogens is 6.